The average molecular weight is 332 g/mol. The molecule has 3 aromatic carbocycles. The van der Waals surface area contributed by atoms with Crippen molar-refractivity contribution in [3.05, 3.63) is 83.9 Å². The second-order valence-electron chi connectivity index (χ2n) is 5.61. The van der Waals surface area contributed by atoms with Crippen molar-refractivity contribution in [1.29, 1.82) is 0 Å². The predicted molar refractivity (Wildman–Crippen MR) is 98.9 cm³/mol. The van der Waals surface area contributed by atoms with Gasteiger partial charge in [-0.15, -0.1) is 5.11 Å². The molecular formula is C21H20N2O2. The van der Waals surface area contributed by atoms with E-state index in [1.807, 2.05) is 54.6 Å². The zero-order valence-corrected chi connectivity index (χ0v) is 14.1. The van der Waals surface area contributed by atoms with E-state index in [0.717, 1.165) is 23.2 Å². The summed E-state index contributed by atoms with van der Waals surface area (Å²) in [6.07, 6.45) is 0.876. The van der Waals surface area contributed by atoms with Crippen LogP contribution in [0, 0.1) is 0 Å². The van der Waals surface area contributed by atoms with Gasteiger partial charge >= 0.3 is 0 Å². The van der Waals surface area contributed by atoms with Crippen molar-refractivity contribution in [2.75, 3.05) is 0 Å². The fourth-order valence-corrected chi connectivity index (χ4v) is 2.43. The van der Waals surface area contributed by atoms with Gasteiger partial charge in [-0.3, -0.25) is 0 Å². The molecule has 4 nitrogen and oxygen atoms in total. The topological polar surface area (TPSA) is 54.2 Å². The zero-order chi connectivity index (χ0) is 17.5. The molecule has 126 valence electrons. The zero-order valence-electron chi connectivity index (χ0n) is 14.1. The molecule has 0 aromatic heterocycles. The molecule has 0 unspecified atom stereocenters. The fraction of sp³-hybridized carbons (Fsp3) is 0.143. The summed E-state index contributed by atoms with van der Waals surface area (Å²) in [7, 11) is 0. The summed E-state index contributed by atoms with van der Waals surface area (Å²) < 4.78 is 5.77. The van der Waals surface area contributed by atoms with Crippen LogP contribution in [0.15, 0.2) is 83.0 Å². The molecule has 0 fully saturated rings. The number of ether oxygens (including phenoxy) is 1. The monoisotopic (exact) mass is 332 g/mol. The van der Waals surface area contributed by atoms with E-state index in [1.165, 1.54) is 0 Å². The highest BCUT2D eigenvalue weighted by atomic mass is 16.5. The summed E-state index contributed by atoms with van der Waals surface area (Å²) in [6, 6.07) is 22.7. The first-order chi connectivity index (χ1) is 12.3. The van der Waals surface area contributed by atoms with Crippen molar-refractivity contribution in [2.45, 2.75) is 20.0 Å². The molecule has 3 rings (SSSR count). The van der Waals surface area contributed by atoms with E-state index in [2.05, 4.69) is 17.2 Å². The summed E-state index contributed by atoms with van der Waals surface area (Å²) in [6.45, 7) is 2.53. The molecule has 0 spiro atoms. The lowest BCUT2D eigenvalue weighted by Crippen LogP contribution is -1.94. The largest absolute Gasteiger partial charge is 0.506 e. The molecule has 0 amide bonds. The highest BCUT2D eigenvalue weighted by molar-refractivity contribution is 5.55. The van der Waals surface area contributed by atoms with Gasteiger partial charge in [-0.2, -0.15) is 5.11 Å². The molecule has 0 saturated heterocycles. The third kappa shape index (κ3) is 4.44. The van der Waals surface area contributed by atoms with E-state index in [4.69, 9.17) is 4.74 Å². The van der Waals surface area contributed by atoms with Crippen molar-refractivity contribution in [3.8, 4) is 11.5 Å². The van der Waals surface area contributed by atoms with Gasteiger partial charge in [0.2, 0.25) is 0 Å². The molecule has 0 radical (unpaired) electrons. The summed E-state index contributed by atoms with van der Waals surface area (Å²) in [4.78, 5) is 0. The number of aryl methyl sites for hydroxylation is 1. The first-order valence-electron chi connectivity index (χ1n) is 8.25. The van der Waals surface area contributed by atoms with Crippen LogP contribution in [0.3, 0.4) is 0 Å². The van der Waals surface area contributed by atoms with E-state index >= 15 is 0 Å². The first-order valence-corrected chi connectivity index (χ1v) is 8.25. The van der Waals surface area contributed by atoms with Crippen LogP contribution in [0.1, 0.15) is 18.1 Å². The minimum Gasteiger partial charge on any atom is -0.506 e. The lowest BCUT2D eigenvalue weighted by atomic mass is 10.1. The second-order valence-corrected chi connectivity index (χ2v) is 5.61. The quantitative estimate of drug-likeness (QED) is 0.567. The molecule has 0 saturated carbocycles. The van der Waals surface area contributed by atoms with E-state index < -0.39 is 0 Å². The van der Waals surface area contributed by atoms with Crippen molar-refractivity contribution in [2.24, 2.45) is 10.2 Å². The number of nitrogens with zero attached hydrogens (tertiary/aromatic N) is 2. The Morgan fingerprint density at radius 1 is 0.840 bits per heavy atom. The standard InChI is InChI=1S/C21H20N2O2/c1-2-17-10-6-7-11-19(17)22-23-20-14-18(12-13-21(20)24)25-15-16-8-4-3-5-9-16/h3-14,24H,2,15H2,1H3. The molecule has 3 aromatic rings. The van der Waals surface area contributed by atoms with Crippen molar-refractivity contribution in [3.63, 3.8) is 0 Å². The first kappa shape index (κ1) is 16.7. The Kier molecular flexibility index (Phi) is 5.42. The molecule has 0 aliphatic rings. The maximum Gasteiger partial charge on any atom is 0.143 e. The fourth-order valence-electron chi connectivity index (χ4n) is 2.43. The highest BCUT2D eigenvalue weighted by Crippen LogP contribution is 2.33. The smallest absolute Gasteiger partial charge is 0.143 e. The van der Waals surface area contributed by atoms with Gasteiger partial charge in [0, 0.05) is 6.07 Å². The van der Waals surface area contributed by atoms with Gasteiger partial charge in [-0.25, -0.2) is 0 Å². The molecular weight excluding hydrogens is 312 g/mol. The lowest BCUT2D eigenvalue weighted by Gasteiger charge is -2.07. The normalized spacial score (nSPS) is 10.9. The number of aromatic hydroxyl groups is 1. The van der Waals surface area contributed by atoms with E-state index in [-0.39, 0.29) is 5.75 Å². The molecule has 0 heterocycles. The average Bonchev–Trinajstić information content (AvgIpc) is 2.67. The summed E-state index contributed by atoms with van der Waals surface area (Å²) in [5, 5.41) is 18.5. The number of phenols is 1. The van der Waals surface area contributed by atoms with Gasteiger partial charge in [-0.05, 0) is 35.7 Å². The Morgan fingerprint density at radius 3 is 2.36 bits per heavy atom. The Labute approximate surface area is 147 Å². The van der Waals surface area contributed by atoms with Crippen LogP contribution in [-0.4, -0.2) is 5.11 Å². The molecule has 0 aliphatic carbocycles. The maximum atomic E-state index is 10.0. The second kappa shape index (κ2) is 8.11. The predicted octanol–water partition coefficient (Wildman–Crippen LogP) is 5.95. The van der Waals surface area contributed by atoms with Crippen LogP contribution in [0.25, 0.3) is 0 Å². The summed E-state index contributed by atoms with van der Waals surface area (Å²) in [5.74, 6) is 0.712. The van der Waals surface area contributed by atoms with Crippen LogP contribution >= 0.6 is 0 Å². The van der Waals surface area contributed by atoms with E-state index in [1.54, 1.807) is 18.2 Å². The SMILES string of the molecule is CCc1ccccc1N=Nc1cc(OCc2ccccc2)ccc1O. The van der Waals surface area contributed by atoms with Crippen molar-refractivity contribution < 1.29 is 9.84 Å². The molecule has 0 aliphatic heterocycles. The van der Waals surface area contributed by atoms with Gasteiger partial charge < -0.3 is 9.84 Å². The lowest BCUT2D eigenvalue weighted by molar-refractivity contribution is 0.306. The molecule has 25 heavy (non-hydrogen) atoms. The molecule has 0 bridgehead atoms. The van der Waals surface area contributed by atoms with Crippen LogP contribution in [0.4, 0.5) is 11.4 Å². The number of phenolic OH excluding ortho intramolecular Hbond substituents is 1. The minimum absolute atomic E-state index is 0.0739. The Morgan fingerprint density at radius 2 is 1.56 bits per heavy atom. The third-order valence-electron chi connectivity index (χ3n) is 3.83. The van der Waals surface area contributed by atoms with Gasteiger partial charge in [0.05, 0.1) is 5.69 Å². The van der Waals surface area contributed by atoms with Crippen LogP contribution in [-0.2, 0) is 13.0 Å². The van der Waals surface area contributed by atoms with Crippen LogP contribution in [0.5, 0.6) is 11.5 Å². The Balaban J connectivity index is 1.76. The number of hydrogen-bond acceptors (Lipinski definition) is 4. The summed E-state index contributed by atoms with van der Waals surface area (Å²) >= 11 is 0. The number of rotatable bonds is 6. The van der Waals surface area contributed by atoms with E-state index in [9.17, 15) is 5.11 Å². The summed E-state index contributed by atoms with van der Waals surface area (Å²) in [5.41, 5.74) is 3.38. The number of benzene rings is 3. The maximum absolute atomic E-state index is 10.0. The highest BCUT2D eigenvalue weighted by Gasteiger charge is 2.04. The Hall–Kier alpha value is -3.14. The Bertz CT molecular complexity index is 861. The van der Waals surface area contributed by atoms with Crippen molar-refractivity contribution in [1.82, 2.24) is 0 Å². The number of hydrogen-bond donors (Lipinski definition) is 1. The molecule has 0 atom stereocenters. The van der Waals surface area contributed by atoms with Gasteiger partial charge in [0.25, 0.3) is 0 Å². The van der Waals surface area contributed by atoms with Gasteiger partial charge in [0.15, 0.2) is 0 Å². The van der Waals surface area contributed by atoms with E-state index in [0.29, 0.717) is 18.0 Å². The minimum atomic E-state index is 0.0739. The van der Waals surface area contributed by atoms with Crippen molar-refractivity contribution >= 4 is 11.4 Å². The van der Waals surface area contributed by atoms with Crippen LogP contribution in [0.2, 0.25) is 0 Å². The molecule has 4 heteroatoms. The number of azo groups is 1. The van der Waals surface area contributed by atoms with Crippen LogP contribution < -0.4 is 4.74 Å². The third-order valence-corrected chi connectivity index (χ3v) is 3.83. The van der Waals surface area contributed by atoms with Gasteiger partial charge in [0.1, 0.15) is 23.8 Å². The van der Waals surface area contributed by atoms with Gasteiger partial charge in [-0.1, -0.05) is 55.5 Å². The molecule has 1 N–H and O–H groups in total.